The van der Waals surface area contributed by atoms with Crippen molar-refractivity contribution in [3.8, 4) is 0 Å². The van der Waals surface area contributed by atoms with Crippen LogP contribution in [0.2, 0.25) is 0 Å². The highest BCUT2D eigenvalue weighted by Crippen LogP contribution is 2.13. The molecule has 1 rings (SSSR count). The molecule has 0 saturated heterocycles. The van der Waals surface area contributed by atoms with Crippen LogP contribution >= 0.6 is 24.0 Å². The molecule has 0 aliphatic rings. The van der Waals surface area contributed by atoms with E-state index in [1.807, 2.05) is 23.9 Å². The maximum atomic E-state index is 5.54. The van der Waals surface area contributed by atoms with Crippen molar-refractivity contribution in [1.29, 1.82) is 0 Å². The molecule has 1 aromatic rings. The van der Waals surface area contributed by atoms with E-state index in [1.165, 1.54) is 5.56 Å². The third-order valence-corrected chi connectivity index (χ3v) is 3.43. The maximum absolute atomic E-state index is 5.54. The Hall–Kier alpha value is -0.580. The van der Waals surface area contributed by atoms with Crippen LogP contribution in [0.5, 0.6) is 0 Å². The summed E-state index contributed by atoms with van der Waals surface area (Å²) in [7, 11) is 4.19. The Morgan fingerprint density at radius 1 is 1.31 bits per heavy atom. The van der Waals surface area contributed by atoms with Crippen molar-refractivity contribution in [2.24, 2.45) is 5.73 Å². The summed E-state index contributed by atoms with van der Waals surface area (Å²) >= 11 is 6.85. The molecule has 0 aliphatic heterocycles. The summed E-state index contributed by atoms with van der Waals surface area (Å²) in [6, 6.07) is 8.17. The first-order chi connectivity index (χ1) is 7.59. The number of hydrogen-bond donors (Lipinski definition) is 1. The Kier molecular flexibility index (Phi) is 5.80. The van der Waals surface area contributed by atoms with Crippen LogP contribution in [0, 0.1) is 0 Å². The van der Waals surface area contributed by atoms with E-state index in [2.05, 4.69) is 31.1 Å². The molecule has 0 amide bonds. The fourth-order valence-corrected chi connectivity index (χ4v) is 2.41. The van der Waals surface area contributed by atoms with Gasteiger partial charge >= 0.3 is 0 Å². The molecule has 2 N–H and O–H groups in total. The molecule has 2 nitrogen and oxygen atoms in total. The largest absolute Gasteiger partial charge is 0.389 e. The lowest BCUT2D eigenvalue weighted by Gasteiger charge is -2.08. The van der Waals surface area contributed by atoms with Crippen molar-refractivity contribution in [2.75, 3.05) is 26.4 Å². The van der Waals surface area contributed by atoms with Crippen molar-refractivity contribution in [3.05, 3.63) is 35.4 Å². The van der Waals surface area contributed by atoms with Crippen LogP contribution in [0.4, 0.5) is 0 Å². The number of nitrogens with zero attached hydrogens (tertiary/aromatic N) is 1. The normalized spacial score (nSPS) is 10.7. The zero-order chi connectivity index (χ0) is 12.0. The SMILES string of the molecule is CN(C)CCSCc1ccc(C(N)=S)cc1. The van der Waals surface area contributed by atoms with Gasteiger partial charge in [-0.25, -0.2) is 0 Å². The highest BCUT2D eigenvalue weighted by Gasteiger charge is 1.97. The molecule has 0 spiro atoms. The van der Waals surface area contributed by atoms with E-state index >= 15 is 0 Å². The highest BCUT2D eigenvalue weighted by molar-refractivity contribution is 7.98. The third-order valence-electron chi connectivity index (χ3n) is 2.19. The Labute approximate surface area is 107 Å². The minimum absolute atomic E-state index is 0.465. The smallest absolute Gasteiger partial charge is 0.103 e. The summed E-state index contributed by atoms with van der Waals surface area (Å²) in [5, 5.41) is 0. The minimum Gasteiger partial charge on any atom is -0.389 e. The zero-order valence-corrected chi connectivity index (χ0v) is 11.4. The molecule has 0 atom stereocenters. The summed E-state index contributed by atoms with van der Waals surface area (Å²) in [5.41, 5.74) is 7.80. The van der Waals surface area contributed by atoms with Gasteiger partial charge in [-0.15, -0.1) is 0 Å². The Morgan fingerprint density at radius 2 is 1.94 bits per heavy atom. The van der Waals surface area contributed by atoms with Crippen LogP contribution in [0.25, 0.3) is 0 Å². The van der Waals surface area contributed by atoms with Crippen LogP contribution < -0.4 is 5.73 Å². The van der Waals surface area contributed by atoms with Crippen LogP contribution in [0.15, 0.2) is 24.3 Å². The standard InChI is InChI=1S/C12H18N2S2/c1-14(2)7-8-16-9-10-3-5-11(6-4-10)12(13)15/h3-6H,7-9H2,1-2H3,(H2,13,15). The molecule has 0 aromatic heterocycles. The van der Waals surface area contributed by atoms with Crippen LogP contribution in [0.3, 0.4) is 0 Å². The van der Waals surface area contributed by atoms with Gasteiger partial charge in [0.15, 0.2) is 0 Å². The number of hydrogen-bond acceptors (Lipinski definition) is 3. The first-order valence-corrected chi connectivity index (χ1v) is 6.77. The third kappa shape index (κ3) is 4.96. The summed E-state index contributed by atoms with van der Waals surface area (Å²) in [4.78, 5) is 2.66. The molecule has 0 heterocycles. The predicted molar refractivity (Wildman–Crippen MR) is 77.0 cm³/mol. The molecular formula is C12H18N2S2. The van der Waals surface area contributed by atoms with Crippen molar-refractivity contribution in [3.63, 3.8) is 0 Å². The average molecular weight is 254 g/mol. The van der Waals surface area contributed by atoms with Crippen LogP contribution in [0.1, 0.15) is 11.1 Å². The average Bonchev–Trinajstić information content (AvgIpc) is 2.25. The fourth-order valence-electron chi connectivity index (χ4n) is 1.20. The summed E-state index contributed by atoms with van der Waals surface area (Å²) < 4.78 is 0. The van der Waals surface area contributed by atoms with E-state index < -0.39 is 0 Å². The fraction of sp³-hybridized carbons (Fsp3) is 0.417. The molecule has 0 radical (unpaired) electrons. The van der Waals surface area contributed by atoms with E-state index in [0.717, 1.165) is 23.6 Å². The van der Waals surface area contributed by atoms with Crippen LogP contribution in [-0.2, 0) is 5.75 Å². The molecule has 0 bridgehead atoms. The predicted octanol–water partition coefficient (Wildman–Crippen LogP) is 2.12. The second-order valence-electron chi connectivity index (χ2n) is 3.92. The number of thioether (sulfide) groups is 1. The van der Waals surface area contributed by atoms with Crippen molar-refractivity contribution < 1.29 is 0 Å². The first kappa shape index (κ1) is 13.5. The molecule has 0 aliphatic carbocycles. The number of nitrogens with two attached hydrogens (primary N) is 1. The van der Waals surface area contributed by atoms with Gasteiger partial charge in [-0.05, 0) is 19.7 Å². The summed E-state index contributed by atoms with van der Waals surface area (Å²) in [6.07, 6.45) is 0. The molecule has 16 heavy (non-hydrogen) atoms. The zero-order valence-electron chi connectivity index (χ0n) is 9.77. The van der Waals surface area contributed by atoms with E-state index in [-0.39, 0.29) is 0 Å². The lowest BCUT2D eigenvalue weighted by atomic mass is 10.1. The minimum atomic E-state index is 0.465. The van der Waals surface area contributed by atoms with Gasteiger partial charge in [0.2, 0.25) is 0 Å². The highest BCUT2D eigenvalue weighted by atomic mass is 32.2. The molecule has 0 fully saturated rings. The van der Waals surface area contributed by atoms with Gasteiger partial charge in [-0.2, -0.15) is 11.8 Å². The van der Waals surface area contributed by atoms with E-state index in [4.69, 9.17) is 18.0 Å². The number of thiocarbonyl (C=S) groups is 1. The van der Waals surface area contributed by atoms with E-state index in [9.17, 15) is 0 Å². The van der Waals surface area contributed by atoms with Gasteiger partial charge in [-0.3, -0.25) is 0 Å². The lowest BCUT2D eigenvalue weighted by molar-refractivity contribution is 0.437. The molecule has 0 unspecified atom stereocenters. The van der Waals surface area contributed by atoms with Gasteiger partial charge in [0.25, 0.3) is 0 Å². The molecule has 4 heteroatoms. The van der Waals surface area contributed by atoms with Gasteiger partial charge in [0, 0.05) is 23.6 Å². The molecular weight excluding hydrogens is 236 g/mol. The second-order valence-corrected chi connectivity index (χ2v) is 5.46. The summed E-state index contributed by atoms with van der Waals surface area (Å²) in [6.45, 7) is 1.12. The van der Waals surface area contributed by atoms with Crippen molar-refractivity contribution >= 4 is 29.0 Å². The molecule has 0 saturated carbocycles. The van der Waals surface area contributed by atoms with Crippen LogP contribution in [-0.4, -0.2) is 36.3 Å². The van der Waals surface area contributed by atoms with E-state index in [0.29, 0.717) is 4.99 Å². The van der Waals surface area contributed by atoms with E-state index in [1.54, 1.807) is 0 Å². The first-order valence-electron chi connectivity index (χ1n) is 5.21. The number of rotatable bonds is 6. The molecule has 88 valence electrons. The maximum Gasteiger partial charge on any atom is 0.103 e. The Morgan fingerprint density at radius 3 is 2.44 bits per heavy atom. The van der Waals surface area contributed by atoms with Crippen molar-refractivity contribution in [1.82, 2.24) is 4.90 Å². The second kappa shape index (κ2) is 6.89. The monoisotopic (exact) mass is 254 g/mol. The Bertz CT molecular complexity index is 333. The van der Waals surface area contributed by atoms with Gasteiger partial charge < -0.3 is 10.6 Å². The lowest BCUT2D eigenvalue weighted by Crippen LogP contribution is -2.14. The summed E-state index contributed by atoms with van der Waals surface area (Å²) in [5.74, 6) is 2.20. The van der Waals surface area contributed by atoms with Gasteiger partial charge in [0.05, 0.1) is 0 Å². The molecule has 1 aromatic carbocycles. The van der Waals surface area contributed by atoms with Gasteiger partial charge in [0.1, 0.15) is 4.99 Å². The Balaban J connectivity index is 2.35. The number of benzene rings is 1. The quantitative estimate of drug-likeness (QED) is 0.622. The topological polar surface area (TPSA) is 29.3 Å². The van der Waals surface area contributed by atoms with Crippen molar-refractivity contribution in [2.45, 2.75) is 5.75 Å². The van der Waals surface area contributed by atoms with Gasteiger partial charge in [-0.1, -0.05) is 36.5 Å².